The van der Waals surface area contributed by atoms with Gasteiger partial charge in [0.15, 0.2) is 11.9 Å². The smallest absolute Gasteiger partial charge is 0.411 e. The van der Waals surface area contributed by atoms with Crippen LogP contribution in [0, 0.1) is 18.8 Å². The van der Waals surface area contributed by atoms with Crippen molar-refractivity contribution in [3.63, 3.8) is 0 Å². The van der Waals surface area contributed by atoms with Crippen LogP contribution >= 0.6 is 11.6 Å². The number of nitrogens with zero attached hydrogens (tertiary/aromatic N) is 1. The fraction of sp³-hybridized carbons (Fsp3) is 0.515. The molecular formula is C33H39ClN2O4. The van der Waals surface area contributed by atoms with Crippen LogP contribution in [0.3, 0.4) is 0 Å². The van der Waals surface area contributed by atoms with Gasteiger partial charge in [-0.15, -0.1) is 0 Å². The zero-order chi connectivity index (χ0) is 28.2. The standard InChI is InChI=1S/C33H39ClN2O4/c1-20-12-13-22-19-21(2)23-14-15-26(30-32(23,17-18-35-3)28(22)29(20)40-30)39-31(38)36(4)33(16-8-7-11-27(33)37)24-9-5-6-10-25(24)34/h5-6,9-10,12-15,21,23,26,30,35H,7-8,11,16-19H2,1-4H3/t21-,23+,26+,30+,32+,33?/m1/s1. The van der Waals surface area contributed by atoms with Gasteiger partial charge in [0.05, 0.1) is 0 Å². The lowest BCUT2D eigenvalue weighted by Crippen LogP contribution is -2.59. The minimum Gasteiger partial charge on any atom is -0.485 e. The second-order valence-electron chi connectivity index (χ2n) is 12.1. The third kappa shape index (κ3) is 3.86. The van der Waals surface area contributed by atoms with Gasteiger partial charge in [-0.05, 0) is 87.7 Å². The Labute approximate surface area is 242 Å². The summed E-state index contributed by atoms with van der Waals surface area (Å²) in [6.45, 7) is 5.24. The van der Waals surface area contributed by atoms with Gasteiger partial charge in [0.25, 0.3) is 0 Å². The van der Waals surface area contributed by atoms with E-state index in [1.807, 2.05) is 31.3 Å². The summed E-state index contributed by atoms with van der Waals surface area (Å²) in [4.78, 5) is 29.1. The molecule has 1 unspecified atom stereocenters. The van der Waals surface area contributed by atoms with Crippen LogP contribution in [-0.4, -0.2) is 49.6 Å². The summed E-state index contributed by atoms with van der Waals surface area (Å²) < 4.78 is 13.1. The number of Topliss-reactive ketones (excluding diaryl/α,β-unsaturated/α-hetero) is 1. The van der Waals surface area contributed by atoms with E-state index in [2.05, 4.69) is 37.4 Å². The fourth-order valence-corrected chi connectivity index (χ4v) is 8.46. The number of ether oxygens (including phenoxy) is 2. The number of ketones is 1. The number of allylic oxidation sites excluding steroid dienone is 1. The lowest BCUT2D eigenvalue weighted by atomic mass is 9.54. The molecule has 1 N–H and O–H groups in total. The number of hydrogen-bond donors (Lipinski definition) is 1. The second kappa shape index (κ2) is 10.2. The first kappa shape index (κ1) is 27.3. The van der Waals surface area contributed by atoms with Gasteiger partial charge in [0.1, 0.15) is 17.4 Å². The molecule has 1 aliphatic heterocycles. The maximum absolute atomic E-state index is 14.0. The first-order valence-electron chi connectivity index (χ1n) is 14.6. The zero-order valence-corrected chi connectivity index (χ0v) is 24.6. The second-order valence-corrected chi connectivity index (χ2v) is 12.6. The van der Waals surface area contributed by atoms with Crippen molar-refractivity contribution in [2.24, 2.45) is 11.8 Å². The molecule has 1 fully saturated rings. The van der Waals surface area contributed by atoms with Crippen molar-refractivity contribution >= 4 is 23.5 Å². The van der Waals surface area contributed by atoms with Crippen LogP contribution in [0.15, 0.2) is 48.6 Å². The minimum absolute atomic E-state index is 0.00179. The molecule has 6 atom stereocenters. The van der Waals surface area contributed by atoms with E-state index < -0.39 is 17.7 Å². The Kier molecular flexibility index (Phi) is 6.99. The van der Waals surface area contributed by atoms with Crippen LogP contribution in [0.2, 0.25) is 5.02 Å². The van der Waals surface area contributed by atoms with Crippen LogP contribution in [0.1, 0.15) is 61.3 Å². The van der Waals surface area contributed by atoms with Crippen molar-refractivity contribution in [1.82, 2.24) is 10.2 Å². The molecule has 3 aliphatic carbocycles. The van der Waals surface area contributed by atoms with E-state index in [-0.39, 0.29) is 23.2 Å². The van der Waals surface area contributed by atoms with Crippen molar-refractivity contribution in [3.8, 4) is 5.75 Å². The van der Waals surface area contributed by atoms with Crippen molar-refractivity contribution in [3.05, 3.63) is 75.8 Å². The number of likely N-dealkylation sites (N-methyl/N-ethyl adjacent to an activating group) is 1. The van der Waals surface area contributed by atoms with Crippen LogP contribution in [0.25, 0.3) is 0 Å². The number of halogens is 1. The van der Waals surface area contributed by atoms with E-state index in [4.69, 9.17) is 21.1 Å². The molecule has 40 heavy (non-hydrogen) atoms. The highest BCUT2D eigenvalue weighted by molar-refractivity contribution is 6.31. The van der Waals surface area contributed by atoms with E-state index in [0.29, 0.717) is 29.3 Å². The van der Waals surface area contributed by atoms with Gasteiger partial charge in [-0.25, -0.2) is 4.79 Å². The van der Waals surface area contributed by atoms with Crippen LogP contribution in [0.5, 0.6) is 5.75 Å². The van der Waals surface area contributed by atoms with E-state index in [0.717, 1.165) is 43.5 Å². The topological polar surface area (TPSA) is 67.9 Å². The highest BCUT2D eigenvalue weighted by Crippen LogP contribution is 2.60. The molecule has 4 aliphatic rings. The van der Waals surface area contributed by atoms with E-state index in [1.165, 1.54) is 16.0 Å². The number of benzene rings is 2. The predicted molar refractivity (Wildman–Crippen MR) is 156 cm³/mol. The number of hydrogen-bond acceptors (Lipinski definition) is 5. The number of rotatable bonds is 6. The molecule has 6 rings (SSSR count). The van der Waals surface area contributed by atoms with Crippen molar-refractivity contribution in [2.75, 3.05) is 20.6 Å². The van der Waals surface area contributed by atoms with Gasteiger partial charge in [0, 0.05) is 35.0 Å². The predicted octanol–water partition coefficient (Wildman–Crippen LogP) is 6.11. The molecule has 0 saturated heterocycles. The average molecular weight is 563 g/mol. The Morgan fingerprint density at radius 3 is 2.75 bits per heavy atom. The Bertz CT molecular complexity index is 1370. The minimum atomic E-state index is -1.15. The van der Waals surface area contributed by atoms with Crippen LogP contribution in [-0.2, 0) is 26.9 Å². The molecule has 1 heterocycles. The maximum atomic E-state index is 14.0. The Balaban J connectivity index is 1.38. The molecule has 7 heteroatoms. The van der Waals surface area contributed by atoms with E-state index in [9.17, 15) is 9.59 Å². The number of amides is 1. The molecule has 2 aromatic carbocycles. The first-order valence-corrected chi connectivity index (χ1v) is 15.0. The Morgan fingerprint density at radius 2 is 2.00 bits per heavy atom. The summed E-state index contributed by atoms with van der Waals surface area (Å²) in [7, 11) is 3.65. The van der Waals surface area contributed by atoms with Gasteiger partial charge in [-0.1, -0.05) is 54.9 Å². The summed E-state index contributed by atoms with van der Waals surface area (Å²) in [6, 6.07) is 11.8. The molecule has 6 nitrogen and oxygen atoms in total. The molecule has 212 valence electrons. The SMILES string of the molecule is CNCC[C@]12c3c4ccc(C)c3O[C@H]1[C@@H](OC(=O)N(C)C1(c3ccccc3Cl)CCCCC1=O)C=C[C@H]2[C@H](C)C4. The molecule has 2 aromatic rings. The normalized spacial score (nSPS) is 31.9. The van der Waals surface area contributed by atoms with Crippen LogP contribution < -0.4 is 10.1 Å². The molecule has 1 amide bonds. The fourth-order valence-electron chi connectivity index (χ4n) is 8.17. The lowest BCUT2D eigenvalue weighted by Gasteiger charge is -2.50. The third-order valence-corrected chi connectivity index (χ3v) is 10.4. The zero-order valence-electron chi connectivity index (χ0n) is 23.8. The number of aryl methyl sites for hydroxylation is 1. The Hall–Kier alpha value is -2.83. The van der Waals surface area contributed by atoms with Crippen molar-refractivity contribution < 1.29 is 19.1 Å². The lowest BCUT2D eigenvalue weighted by molar-refractivity contribution is -0.133. The molecule has 0 bridgehead atoms. The largest absolute Gasteiger partial charge is 0.485 e. The van der Waals surface area contributed by atoms with Crippen molar-refractivity contribution in [1.29, 1.82) is 0 Å². The van der Waals surface area contributed by atoms with Crippen molar-refractivity contribution in [2.45, 2.75) is 75.5 Å². The van der Waals surface area contributed by atoms with Gasteiger partial charge in [-0.2, -0.15) is 0 Å². The molecule has 0 aromatic heterocycles. The van der Waals surface area contributed by atoms with Gasteiger partial charge in [-0.3, -0.25) is 9.69 Å². The number of carbonyl (C=O) groups excluding carboxylic acids is 2. The number of nitrogens with one attached hydrogen (secondary N) is 1. The molecular weight excluding hydrogens is 524 g/mol. The van der Waals surface area contributed by atoms with Gasteiger partial charge in [0.2, 0.25) is 0 Å². The van der Waals surface area contributed by atoms with E-state index >= 15 is 0 Å². The number of carbonyl (C=O) groups is 2. The third-order valence-electron chi connectivity index (χ3n) is 10.1. The summed E-state index contributed by atoms with van der Waals surface area (Å²) in [5.74, 6) is 1.66. The average Bonchev–Trinajstić information content (AvgIpc) is 3.31. The molecule has 0 radical (unpaired) electrons. The summed E-state index contributed by atoms with van der Waals surface area (Å²) in [5.41, 5.74) is 2.96. The van der Waals surface area contributed by atoms with Gasteiger partial charge >= 0.3 is 6.09 Å². The first-order chi connectivity index (χ1) is 19.3. The van der Waals surface area contributed by atoms with Crippen LogP contribution in [0.4, 0.5) is 4.79 Å². The highest BCUT2D eigenvalue weighted by Gasteiger charge is 2.62. The highest BCUT2D eigenvalue weighted by atomic mass is 35.5. The van der Waals surface area contributed by atoms with E-state index in [1.54, 1.807) is 13.1 Å². The van der Waals surface area contributed by atoms with Gasteiger partial charge < -0.3 is 14.8 Å². The summed E-state index contributed by atoms with van der Waals surface area (Å²) in [5, 5.41) is 3.84. The quantitative estimate of drug-likeness (QED) is 0.430. The summed E-state index contributed by atoms with van der Waals surface area (Å²) >= 11 is 6.64. The Morgan fingerprint density at radius 1 is 1.20 bits per heavy atom. The molecule has 0 spiro atoms. The molecule has 1 saturated carbocycles. The summed E-state index contributed by atoms with van der Waals surface area (Å²) in [6.07, 6.45) is 7.25. The monoisotopic (exact) mass is 562 g/mol. The maximum Gasteiger partial charge on any atom is 0.411 e.